The topological polar surface area (TPSA) is 64.8 Å². The van der Waals surface area contributed by atoms with Gasteiger partial charge in [0.1, 0.15) is 11.5 Å². The van der Waals surface area contributed by atoms with Crippen molar-refractivity contribution in [2.24, 2.45) is 23.5 Å². The monoisotopic (exact) mass is 548 g/mol. The van der Waals surface area contributed by atoms with Gasteiger partial charge >= 0.3 is 0 Å². The maximum absolute atomic E-state index is 13.0. The molecule has 0 aliphatic heterocycles. The molecule has 4 rings (SSSR count). The number of nitrogens with two attached hydrogens (primary N) is 1. The first-order chi connectivity index (χ1) is 19.6. The summed E-state index contributed by atoms with van der Waals surface area (Å²) in [5.74, 6) is 3.96. The highest BCUT2D eigenvalue weighted by Gasteiger charge is 2.24. The summed E-state index contributed by atoms with van der Waals surface area (Å²) in [5, 5.41) is 0. The number of carbonyl (C=O) groups is 1. The number of hydrogen-bond acceptors (Lipinski definition) is 5. The Morgan fingerprint density at radius 1 is 0.850 bits per heavy atom. The normalized spacial score (nSPS) is 20.0. The molecule has 0 bridgehead atoms. The highest BCUT2D eigenvalue weighted by molar-refractivity contribution is 5.96. The summed E-state index contributed by atoms with van der Waals surface area (Å²) in [6.45, 7) is 4.17. The molecule has 2 unspecified atom stereocenters. The minimum atomic E-state index is 0.204. The van der Waals surface area contributed by atoms with Crippen molar-refractivity contribution in [1.82, 2.24) is 4.90 Å². The van der Waals surface area contributed by atoms with Crippen molar-refractivity contribution in [2.45, 2.75) is 83.5 Å². The van der Waals surface area contributed by atoms with E-state index >= 15 is 0 Å². The fourth-order valence-electron chi connectivity index (χ4n) is 6.49. The number of hydrogen-bond donors (Lipinski definition) is 1. The summed E-state index contributed by atoms with van der Waals surface area (Å²) >= 11 is 0. The van der Waals surface area contributed by atoms with Gasteiger partial charge in [-0.3, -0.25) is 4.79 Å². The van der Waals surface area contributed by atoms with E-state index in [1.54, 1.807) is 0 Å². The van der Waals surface area contributed by atoms with E-state index in [2.05, 4.69) is 36.2 Å². The van der Waals surface area contributed by atoms with Crippen LogP contribution >= 0.6 is 0 Å². The Kier molecular flexibility index (Phi) is 12.8. The van der Waals surface area contributed by atoms with Crippen LogP contribution < -0.4 is 15.2 Å². The van der Waals surface area contributed by atoms with E-state index in [1.807, 2.05) is 24.3 Å². The maximum atomic E-state index is 13.0. The number of ketones is 1. The SMILES string of the molecule is CN(CCC(=O)c1cccc(OCC2CCCCC2)c1)CC1CCCC(COc2cccc(CCCCN)c2)C1. The summed E-state index contributed by atoms with van der Waals surface area (Å²) < 4.78 is 12.3. The molecule has 5 nitrogen and oxygen atoms in total. The summed E-state index contributed by atoms with van der Waals surface area (Å²) in [5.41, 5.74) is 7.74. The van der Waals surface area contributed by atoms with Crippen LogP contribution in [-0.4, -0.2) is 50.6 Å². The number of rotatable bonds is 16. The van der Waals surface area contributed by atoms with E-state index in [9.17, 15) is 4.79 Å². The number of unbranched alkanes of at least 4 members (excludes halogenated alkanes) is 1. The predicted molar refractivity (Wildman–Crippen MR) is 164 cm³/mol. The second-order valence-corrected chi connectivity index (χ2v) is 12.4. The molecule has 0 heterocycles. The van der Waals surface area contributed by atoms with Crippen molar-refractivity contribution < 1.29 is 14.3 Å². The molecule has 2 saturated carbocycles. The molecule has 2 N–H and O–H groups in total. The molecule has 2 aromatic carbocycles. The lowest BCUT2D eigenvalue weighted by Crippen LogP contribution is -2.32. The predicted octanol–water partition coefficient (Wildman–Crippen LogP) is 7.32. The van der Waals surface area contributed by atoms with E-state index in [-0.39, 0.29) is 5.78 Å². The quantitative estimate of drug-likeness (QED) is 0.176. The van der Waals surface area contributed by atoms with Crippen molar-refractivity contribution in [3.63, 3.8) is 0 Å². The molecular formula is C35H52N2O3. The second-order valence-electron chi connectivity index (χ2n) is 12.4. The van der Waals surface area contributed by atoms with Gasteiger partial charge in [-0.2, -0.15) is 0 Å². The fraction of sp³-hybridized carbons (Fsp3) is 0.629. The minimum absolute atomic E-state index is 0.204. The van der Waals surface area contributed by atoms with E-state index in [1.165, 1.54) is 63.4 Å². The van der Waals surface area contributed by atoms with Crippen LogP contribution in [0.25, 0.3) is 0 Å². The number of ether oxygens (including phenoxy) is 2. The zero-order valence-electron chi connectivity index (χ0n) is 24.8. The van der Waals surface area contributed by atoms with E-state index in [0.717, 1.165) is 69.2 Å². The largest absolute Gasteiger partial charge is 0.493 e. The van der Waals surface area contributed by atoms with Gasteiger partial charge in [0.15, 0.2) is 5.78 Å². The van der Waals surface area contributed by atoms with Gasteiger partial charge in [0.2, 0.25) is 0 Å². The van der Waals surface area contributed by atoms with Gasteiger partial charge in [-0.1, -0.05) is 49.9 Å². The lowest BCUT2D eigenvalue weighted by molar-refractivity contribution is 0.0958. The highest BCUT2D eigenvalue weighted by Crippen LogP contribution is 2.30. The zero-order chi connectivity index (χ0) is 28.0. The Labute approximate surface area is 242 Å². The van der Waals surface area contributed by atoms with Crippen molar-refractivity contribution in [2.75, 3.05) is 39.9 Å². The second kappa shape index (κ2) is 16.8. The molecule has 40 heavy (non-hydrogen) atoms. The molecule has 0 saturated heterocycles. The van der Waals surface area contributed by atoms with Gasteiger partial charge in [0.05, 0.1) is 13.2 Å². The summed E-state index contributed by atoms with van der Waals surface area (Å²) in [4.78, 5) is 15.3. The molecule has 2 fully saturated rings. The van der Waals surface area contributed by atoms with Crippen molar-refractivity contribution in [1.29, 1.82) is 0 Å². The highest BCUT2D eigenvalue weighted by atomic mass is 16.5. The smallest absolute Gasteiger partial charge is 0.164 e. The lowest BCUT2D eigenvalue weighted by atomic mass is 9.81. The average molecular weight is 549 g/mol. The van der Waals surface area contributed by atoms with Crippen LogP contribution in [0.1, 0.15) is 93.0 Å². The fourth-order valence-corrected chi connectivity index (χ4v) is 6.49. The molecule has 2 atom stereocenters. The minimum Gasteiger partial charge on any atom is -0.493 e. The number of Topliss-reactive ketones (excluding diaryl/α,β-unsaturated/α-hetero) is 1. The summed E-state index contributed by atoms with van der Waals surface area (Å²) in [6.07, 6.45) is 15.3. The molecule has 0 aromatic heterocycles. The number of carbonyl (C=O) groups excluding carboxylic acids is 1. The van der Waals surface area contributed by atoms with Crippen LogP contribution in [0.5, 0.6) is 11.5 Å². The van der Waals surface area contributed by atoms with Crippen LogP contribution in [0.2, 0.25) is 0 Å². The standard InChI is InChI=1S/C35H52N2O3/c1-37(21-19-35(38)32-16-9-18-34(24-32)39-26-29-11-3-2-4-12-29)25-30-14-7-15-31(22-30)27-40-33-17-8-13-28(23-33)10-5-6-20-36/h8-9,13,16-18,23-24,29-31H,2-7,10-12,14-15,19-22,25-27,36H2,1H3. The van der Waals surface area contributed by atoms with Crippen LogP contribution in [-0.2, 0) is 6.42 Å². The van der Waals surface area contributed by atoms with Crippen molar-refractivity contribution >= 4 is 5.78 Å². The van der Waals surface area contributed by atoms with Gasteiger partial charge in [-0.25, -0.2) is 0 Å². The van der Waals surface area contributed by atoms with Crippen LogP contribution in [0.4, 0.5) is 0 Å². The maximum Gasteiger partial charge on any atom is 0.164 e. The Balaban J connectivity index is 1.15. The van der Waals surface area contributed by atoms with E-state index < -0.39 is 0 Å². The Hall–Kier alpha value is -2.37. The van der Waals surface area contributed by atoms with Gasteiger partial charge in [-0.15, -0.1) is 0 Å². The first kappa shape index (κ1) is 30.6. The van der Waals surface area contributed by atoms with Crippen LogP contribution in [0.3, 0.4) is 0 Å². The van der Waals surface area contributed by atoms with Crippen LogP contribution in [0, 0.1) is 17.8 Å². The lowest BCUT2D eigenvalue weighted by Gasteiger charge is -2.32. The van der Waals surface area contributed by atoms with E-state index in [4.69, 9.17) is 15.2 Å². The molecule has 0 amide bonds. The van der Waals surface area contributed by atoms with Crippen molar-refractivity contribution in [3.05, 3.63) is 59.7 Å². The number of aryl methyl sites for hydroxylation is 1. The van der Waals surface area contributed by atoms with Gasteiger partial charge in [0, 0.05) is 25.1 Å². The van der Waals surface area contributed by atoms with Crippen LogP contribution in [0.15, 0.2) is 48.5 Å². The Morgan fingerprint density at radius 2 is 1.55 bits per heavy atom. The van der Waals surface area contributed by atoms with E-state index in [0.29, 0.717) is 24.2 Å². The third-order valence-electron chi connectivity index (χ3n) is 8.85. The molecule has 0 radical (unpaired) electrons. The van der Waals surface area contributed by atoms with Gasteiger partial charge < -0.3 is 20.1 Å². The first-order valence-electron chi connectivity index (χ1n) is 16.0. The molecule has 2 aliphatic carbocycles. The molecule has 220 valence electrons. The van der Waals surface area contributed by atoms with Gasteiger partial charge in [0.25, 0.3) is 0 Å². The molecular weight excluding hydrogens is 496 g/mol. The number of nitrogens with zero attached hydrogens (tertiary/aromatic N) is 1. The molecule has 2 aromatic rings. The Morgan fingerprint density at radius 3 is 2.35 bits per heavy atom. The third-order valence-corrected chi connectivity index (χ3v) is 8.85. The van der Waals surface area contributed by atoms with Gasteiger partial charge in [-0.05, 0) is 113 Å². The molecule has 5 heteroatoms. The van der Waals surface area contributed by atoms with Crippen molar-refractivity contribution in [3.8, 4) is 11.5 Å². The molecule has 2 aliphatic rings. The zero-order valence-corrected chi connectivity index (χ0v) is 24.8. The Bertz CT molecular complexity index is 1020. The average Bonchev–Trinajstić information content (AvgIpc) is 2.99. The first-order valence-corrected chi connectivity index (χ1v) is 16.0. The summed E-state index contributed by atoms with van der Waals surface area (Å²) in [6, 6.07) is 16.4. The number of benzene rings is 2. The molecule has 0 spiro atoms. The summed E-state index contributed by atoms with van der Waals surface area (Å²) in [7, 11) is 2.16. The third kappa shape index (κ3) is 10.6.